The lowest BCUT2D eigenvalue weighted by Crippen LogP contribution is -2.47. The molecule has 2 bridgehead atoms. The maximum atomic E-state index is 13.2. The molecule has 34 heavy (non-hydrogen) atoms. The standard InChI is InChI=1S/C27H19NO6/c1-30-18-6-4-17(5-7-18)27-13-16-11-15(14-28)3-9-20(16)24(33-27)23-25(34-27)21-10-8-19(31-2)12-22(21)32-26(23)29/h3-12,24H,13H2,1-2H3/t24?,27-/m1/s1. The summed E-state index contributed by atoms with van der Waals surface area (Å²) >= 11 is 0. The second-order valence-electron chi connectivity index (χ2n) is 8.28. The highest BCUT2D eigenvalue weighted by atomic mass is 16.7. The number of nitrogens with zero attached hydrogens (tertiary/aromatic N) is 1. The van der Waals surface area contributed by atoms with E-state index in [-0.39, 0.29) is 0 Å². The minimum absolute atomic E-state index is 0.299. The molecule has 1 aromatic heterocycles. The molecule has 2 aliphatic heterocycles. The van der Waals surface area contributed by atoms with E-state index >= 15 is 0 Å². The molecule has 6 rings (SSSR count). The van der Waals surface area contributed by atoms with E-state index in [0.29, 0.717) is 45.8 Å². The second-order valence-corrected chi connectivity index (χ2v) is 8.28. The van der Waals surface area contributed by atoms with E-state index in [0.717, 1.165) is 16.7 Å². The molecule has 2 atom stereocenters. The Morgan fingerprint density at radius 1 is 1.00 bits per heavy atom. The van der Waals surface area contributed by atoms with Crippen LogP contribution in [-0.2, 0) is 16.9 Å². The maximum absolute atomic E-state index is 13.2. The monoisotopic (exact) mass is 453 g/mol. The van der Waals surface area contributed by atoms with Gasteiger partial charge in [-0.2, -0.15) is 5.26 Å². The molecule has 0 fully saturated rings. The number of nitriles is 1. The van der Waals surface area contributed by atoms with Gasteiger partial charge in [0.15, 0.2) is 0 Å². The number of rotatable bonds is 3. The first-order valence-corrected chi connectivity index (χ1v) is 10.7. The van der Waals surface area contributed by atoms with Crippen LogP contribution in [-0.4, -0.2) is 14.2 Å². The molecule has 3 heterocycles. The van der Waals surface area contributed by atoms with Gasteiger partial charge in [0.25, 0.3) is 0 Å². The van der Waals surface area contributed by atoms with E-state index in [1.807, 2.05) is 42.5 Å². The predicted molar refractivity (Wildman–Crippen MR) is 122 cm³/mol. The molecule has 0 saturated carbocycles. The van der Waals surface area contributed by atoms with E-state index in [9.17, 15) is 10.1 Å². The van der Waals surface area contributed by atoms with Crippen LogP contribution in [0.1, 0.15) is 33.9 Å². The van der Waals surface area contributed by atoms with Crippen LogP contribution in [0.25, 0.3) is 11.0 Å². The zero-order valence-corrected chi connectivity index (χ0v) is 18.5. The molecule has 7 heteroatoms. The fraction of sp³-hybridized carbons (Fsp3) is 0.185. The number of hydrogen-bond acceptors (Lipinski definition) is 7. The van der Waals surface area contributed by atoms with Gasteiger partial charge in [-0.25, -0.2) is 4.79 Å². The number of benzene rings is 3. The van der Waals surface area contributed by atoms with Gasteiger partial charge in [-0.05, 0) is 59.7 Å². The zero-order chi connectivity index (χ0) is 23.4. The summed E-state index contributed by atoms with van der Waals surface area (Å²) in [5, 5.41) is 10.1. The molecular weight excluding hydrogens is 434 g/mol. The molecule has 0 radical (unpaired) electrons. The van der Waals surface area contributed by atoms with Gasteiger partial charge < -0.3 is 23.4 Å². The Bertz CT molecular complexity index is 1550. The van der Waals surface area contributed by atoms with Crippen molar-refractivity contribution in [3.05, 3.63) is 98.9 Å². The van der Waals surface area contributed by atoms with E-state index in [1.165, 1.54) is 0 Å². The molecule has 2 aliphatic rings. The summed E-state index contributed by atoms with van der Waals surface area (Å²) < 4.78 is 29.4. The van der Waals surface area contributed by atoms with Crippen molar-refractivity contribution in [2.75, 3.05) is 14.2 Å². The number of fused-ring (bicyclic) bond motifs is 8. The molecule has 0 N–H and O–H groups in total. The summed E-state index contributed by atoms with van der Waals surface area (Å²) in [4.78, 5) is 13.2. The summed E-state index contributed by atoms with van der Waals surface area (Å²) in [5.74, 6) is 0.498. The van der Waals surface area contributed by atoms with Gasteiger partial charge in [-0.1, -0.05) is 6.07 Å². The number of methoxy groups -OCH3 is 2. The molecule has 0 amide bonds. The van der Waals surface area contributed by atoms with Gasteiger partial charge >= 0.3 is 5.63 Å². The Kier molecular flexibility index (Phi) is 4.41. The third kappa shape index (κ3) is 2.89. The maximum Gasteiger partial charge on any atom is 0.346 e. The molecule has 0 saturated heterocycles. The summed E-state index contributed by atoms with van der Waals surface area (Å²) in [6.07, 6.45) is -0.358. The van der Waals surface area contributed by atoms with Crippen LogP contribution in [0.15, 0.2) is 69.9 Å². The van der Waals surface area contributed by atoms with Crippen molar-refractivity contribution in [2.45, 2.75) is 18.3 Å². The lowest BCUT2D eigenvalue weighted by atomic mass is 9.83. The highest BCUT2D eigenvalue weighted by Gasteiger charge is 2.50. The van der Waals surface area contributed by atoms with Gasteiger partial charge in [0, 0.05) is 18.1 Å². The van der Waals surface area contributed by atoms with Crippen molar-refractivity contribution in [1.29, 1.82) is 5.26 Å². The molecular formula is C27H19NO6. The first kappa shape index (κ1) is 20.3. The molecule has 0 spiro atoms. The summed E-state index contributed by atoms with van der Waals surface area (Å²) in [6.45, 7) is 0. The topological polar surface area (TPSA) is 90.9 Å². The molecule has 7 nitrogen and oxygen atoms in total. The fourth-order valence-electron chi connectivity index (χ4n) is 4.77. The third-order valence-corrected chi connectivity index (χ3v) is 6.45. The first-order valence-electron chi connectivity index (χ1n) is 10.7. The highest BCUT2D eigenvalue weighted by molar-refractivity contribution is 5.86. The summed E-state index contributed by atoms with van der Waals surface area (Å²) in [7, 11) is 3.16. The Morgan fingerprint density at radius 3 is 2.50 bits per heavy atom. The van der Waals surface area contributed by atoms with Gasteiger partial charge in [-0.3, -0.25) is 0 Å². The summed E-state index contributed by atoms with van der Waals surface area (Å²) in [5.41, 5.74) is 3.12. The Morgan fingerprint density at radius 2 is 1.76 bits per heavy atom. The quantitative estimate of drug-likeness (QED) is 0.419. The number of hydrogen-bond donors (Lipinski definition) is 0. The molecule has 168 valence electrons. The minimum atomic E-state index is -1.20. The van der Waals surface area contributed by atoms with E-state index in [4.69, 9.17) is 23.4 Å². The van der Waals surface area contributed by atoms with Crippen molar-refractivity contribution in [2.24, 2.45) is 0 Å². The lowest BCUT2D eigenvalue weighted by Gasteiger charge is -2.46. The van der Waals surface area contributed by atoms with Crippen LogP contribution in [0.3, 0.4) is 0 Å². The van der Waals surface area contributed by atoms with E-state index in [1.54, 1.807) is 32.4 Å². The van der Waals surface area contributed by atoms with Crippen LogP contribution in [0.4, 0.5) is 0 Å². The van der Waals surface area contributed by atoms with Crippen molar-refractivity contribution in [3.63, 3.8) is 0 Å². The largest absolute Gasteiger partial charge is 0.497 e. The van der Waals surface area contributed by atoms with Crippen LogP contribution in [0, 0.1) is 11.3 Å². The van der Waals surface area contributed by atoms with Crippen LogP contribution in [0.5, 0.6) is 17.2 Å². The Labute approximate surface area is 194 Å². The van der Waals surface area contributed by atoms with Crippen molar-refractivity contribution >= 4 is 11.0 Å². The average molecular weight is 453 g/mol. The zero-order valence-electron chi connectivity index (χ0n) is 18.5. The van der Waals surface area contributed by atoms with Crippen LogP contribution >= 0.6 is 0 Å². The van der Waals surface area contributed by atoms with Crippen molar-refractivity contribution < 1.29 is 23.4 Å². The van der Waals surface area contributed by atoms with E-state index in [2.05, 4.69) is 6.07 Å². The SMILES string of the molecule is COc1ccc([C@]23Cc4cc(C#N)ccc4C(O2)c2c(c4ccc(OC)cc4oc2=O)O3)cc1. The van der Waals surface area contributed by atoms with Gasteiger partial charge in [0.2, 0.25) is 5.79 Å². The molecule has 0 aliphatic carbocycles. The highest BCUT2D eigenvalue weighted by Crippen LogP contribution is 2.53. The van der Waals surface area contributed by atoms with Crippen molar-refractivity contribution in [3.8, 4) is 23.3 Å². The van der Waals surface area contributed by atoms with Crippen LogP contribution < -0.4 is 19.8 Å². The second kappa shape index (κ2) is 7.37. The predicted octanol–water partition coefficient (Wildman–Crippen LogP) is 4.59. The molecule has 3 aromatic carbocycles. The smallest absolute Gasteiger partial charge is 0.346 e. The molecule has 4 aromatic rings. The minimum Gasteiger partial charge on any atom is -0.497 e. The molecule has 1 unspecified atom stereocenters. The van der Waals surface area contributed by atoms with Gasteiger partial charge in [0.05, 0.1) is 31.2 Å². The Balaban J connectivity index is 1.64. The van der Waals surface area contributed by atoms with Crippen LogP contribution in [0.2, 0.25) is 0 Å². The number of ether oxygens (including phenoxy) is 4. The van der Waals surface area contributed by atoms with Crippen molar-refractivity contribution in [1.82, 2.24) is 0 Å². The average Bonchev–Trinajstić information content (AvgIpc) is 2.87. The normalized spacial score (nSPS) is 20.0. The first-order chi connectivity index (χ1) is 16.5. The van der Waals surface area contributed by atoms with Gasteiger partial charge in [0.1, 0.15) is 34.5 Å². The Hall–Kier alpha value is -4.28. The lowest BCUT2D eigenvalue weighted by molar-refractivity contribution is -0.237. The third-order valence-electron chi connectivity index (χ3n) is 6.45. The van der Waals surface area contributed by atoms with Gasteiger partial charge in [-0.15, -0.1) is 0 Å². The van der Waals surface area contributed by atoms with E-state index < -0.39 is 17.5 Å². The summed E-state index contributed by atoms with van der Waals surface area (Å²) in [6, 6.07) is 20.3. The fourth-order valence-corrected chi connectivity index (χ4v) is 4.77.